The summed E-state index contributed by atoms with van der Waals surface area (Å²) >= 11 is 0. The van der Waals surface area contributed by atoms with E-state index in [1.165, 1.54) is 122 Å². The molecule has 0 amide bonds. The molecule has 0 fully saturated rings. The maximum atomic E-state index is 7.41. The van der Waals surface area contributed by atoms with Crippen LogP contribution in [0.1, 0.15) is 86.9 Å². The summed E-state index contributed by atoms with van der Waals surface area (Å²) in [7, 11) is 0. The number of fused-ring (bicyclic) bond motifs is 17. The summed E-state index contributed by atoms with van der Waals surface area (Å²) < 4.78 is 7.41. The Morgan fingerprint density at radius 2 is 0.886 bits per heavy atom. The number of benzene rings is 10. The monoisotopic (exact) mass is 892 g/mol. The minimum absolute atomic E-state index is 0.0653. The van der Waals surface area contributed by atoms with Gasteiger partial charge in [0.1, 0.15) is 11.9 Å². The van der Waals surface area contributed by atoms with Crippen LogP contribution < -0.4 is 15.2 Å². The highest BCUT2D eigenvalue weighted by Crippen LogP contribution is 2.63. The zero-order valence-electron chi connectivity index (χ0n) is 39.2. The number of ether oxygens (including phenoxy) is 1. The summed E-state index contributed by atoms with van der Waals surface area (Å²) in [6.45, 7) is 4.75. The predicted octanol–water partition coefficient (Wildman–Crippen LogP) is 14.7. The molecular weight excluding hydrogens is 845 g/mol. The maximum Gasteiger partial charge on any atom is 0.135 e. The van der Waals surface area contributed by atoms with Crippen molar-refractivity contribution in [2.75, 3.05) is 0 Å². The minimum atomic E-state index is -0.430. The van der Waals surface area contributed by atoms with Crippen molar-refractivity contribution in [2.45, 2.75) is 42.6 Å². The van der Waals surface area contributed by atoms with Crippen molar-refractivity contribution in [3.05, 3.63) is 302 Å². The zero-order valence-corrected chi connectivity index (χ0v) is 39.2. The lowest BCUT2D eigenvalue weighted by Gasteiger charge is -2.31. The zero-order chi connectivity index (χ0) is 46.3. The number of hydrogen-bond acceptors (Lipinski definition) is 1. The summed E-state index contributed by atoms with van der Waals surface area (Å²) in [5, 5.41) is 2.52. The van der Waals surface area contributed by atoms with Crippen molar-refractivity contribution in [1.82, 2.24) is 0 Å². The second-order valence-electron chi connectivity index (χ2n) is 20.6. The van der Waals surface area contributed by atoms with Gasteiger partial charge in [0.25, 0.3) is 0 Å². The topological polar surface area (TPSA) is 9.23 Å². The number of rotatable bonds is 5. The van der Waals surface area contributed by atoms with E-state index in [4.69, 9.17) is 4.74 Å². The van der Waals surface area contributed by atoms with E-state index in [-0.39, 0.29) is 23.4 Å². The third kappa shape index (κ3) is 5.38. The first-order valence-corrected chi connectivity index (χ1v) is 24.9. The molecule has 10 aromatic carbocycles. The Hall–Kier alpha value is -8.26. The fourth-order valence-electron chi connectivity index (χ4n) is 13.7. The molecule has 1 aliphatic heterocycles. The van der Waals surface area contributed by atoms with Gasteiger partial charge in [0.15, 0.2) is 0 Å². The lowest BCUT2D eigenvalue weighted by Crippen LogP contribution is -2.39. The van der Waals surface area contributed by atoms with Gasteiger partial charge in [-0.3, -0.25) is 0 Å². The van der Waals surface area contributed by atoms with Crippen LogP contribution in [0.25, 0.3) is 56.2 Å². The third-order valence-corrected chi connectivity index (χ3v) is 16.8. The Morgan fingerprint density at radius 3 is 1.59 bits per heavy atom. The molecular formula is C69H48O. The van der Waals surface area contributed by atoms with Crippen LogP contribution in [-0.2, 0) is 10.8 Å². The SMILES string of the molecule is CC1(C)c2ccccc2-c2ccc(C3=c4ccccc4=CC4c5ccc(C(c6ccc(-c7ccccc7)cc6)c6ccc7c(c6)C6(c8ccccc8-c8ccccc86)c6ccccc6-7)cc5OC34)cc21. The molecule has 5 aliphatic rings. The van der Waals surface area contributed by atoms with E-state index >= 15 is 0 Å². The van der Waals surface area contributed by atoms with Crippen LogP contribution >= 0.6 is 0 Å². The Morgan fingerprint density at radius 1 is 0.386 bits per heavy atom. The molecule has 3 atom stereocenters. The van der Waals surface area contributed by atoms with Gasteiger partial charge < -0.3 is 4.74 Å². The van der Waals surface area contributed by atoms with Crippen molar-refractivity contribution in [3.8, 4) is 50.3 Å². The van der Waals surface area contributed by atoms with Crippen molar-refractivity contribution in [1.29, 1.82) is 0 Å². The van der Waals surface area contributed by atoms with Crippen molar-refractivity contribution < 1.29 is 4.74 Å². The smallest absolute Gasteiger partial charge is 0.135 e. The highest BCUT2D eigenvalue weighted by atomic mass is 16.5. The molecule has 0 saturated heterocycles. The molecule has 1 nitrogen and oxygen atoms in total. The quantitative estimate of drug-likeness (QED) is 0.156. The molecule has 1 heteroatoms. The molecule has 0 N–H and O–H groups in total. The average molecular weight is 893 g/mol. The summed E-state index contributed by atoms with van der Waals surface area (Å²) in [4.78, 5) is 0. The molecule has 0 saturated carbocycles. The molecule has 1 heterocycles. The van der Waals surface area contributed by atoms with Gasteiger partial charge in [0, 0.05) is 28.4 Å². The van der Waals surface area contributed by atoms with Crippen molar-refractivity contribution in [3.63, 3.8) is 0 Å². The first kappa shape index (κ1) is 39.7. The van der Waals surface area contributed by atoms with Gasteiger partial charge in [-0.2, -0.15) is 0 Å². The fourth-order valence-corrected chi connectivity index (χ4v) is 13.7. The summed E-state index contributed by atoms with van der Waals surface area (Å²) in [5.41, 5.74) is 25.5. The summed E-state index contributed by atoms with van der Waals surface area (Å²) in [6, 6.07) is 86.8. The molecule has 1 spiro atoms. The van der Waals surface area contributed by atoms with Crippen LogP contribution in [0.4, 0.5) is 0 Å². The van der Waals surface area contributed by atoms with Crippen LogP contribution in [0.15, 0.2) is 231 Å². The third-order valence-electron chi connectivity index (χ3n) is 16.8. The van der Waals surface area contributed by atoms with E-state index in [0.29, 0.717) is 0 Å². The highest BCUT2D eigenvalue weighted by molar-refractivity contribution is 5.95. The van der Waals surface area contributed by atoms with Crippen LogP contribution in [0.5, 0.6) is 5.75 Å². The van der Waals surface area contributed by atoms with Gasteiger partial charge in [-0.15, -0.1) is 0 Å². The lowest BCUT2D eigenvalue weighted by atomic mass is 9.70. The van der Waals surface area contributed by atoms with Gasteiger partial charge in [-0.25, -0.2) is 0 Å². The highest BCUT2D eigenvalue weighted by Gasteiger charge is 2.52. The first-order chi connectivity index (χ1) is 34.5. The van der Waals surface area contributed by atoms with Gasteiger partial charge in [-0.05, 0) is 123 Å². The lowest BCUT2D eigenvalue weighted by molar-refractivity contribution is 0.281. The predicted molar refractivity (Wildman–Crippen MR) is 286 cm³/mol. The average Bonchev–Trinajstić information content (AvgIpc) is 4.10. The molecule has 3 unspecified atom stereocenters. The molecule has 4 aliphatic carbocycles. The standard InChI is InChI=1S/C69H48O/c1-68(2)58-24-12-8-20-50(58)54-35-33-47(39-62(54)68)66-49-19-7-6-18-45(49)38-57-56-37-34-48(41-64(56)70-67(57)66)65(44-30-28-43(29-31-44)42-16-4-3-5-17-42)46-32-36-55-53-23-11-15-27-61(53)69(63(55)40-46)59-25-13-9-21-51(59)52-22-10-14-26-60(52)69/h3-41,57,65,67H,1-2H3. The van der Waals surface area contributed by atoms with E-state index in [1.54, 1.807) is 0 Å². The molecule has 15 rings (SSSR count). The van der Waals surface area contributed by atoms with Crippen LogP contribution in [0, 0.1) is 0 Å². The van der Waals surface area contributed by atoms with Crippen LogP contribution in [0.3, 0.4) is 0 Å². The molecule has 0 radical (unpaired) electrons. The first-order valence-electron chi connectivity index (χ1n) is 24.9. The molecule has 70 heavy (non-hydrogen) atoms. The Kier molecular flexibility index (Phi) is 8.30. The summed E-state index contributed by atoms with van der Waals surface area (Å²) in [5.74, 6) is 0.985. The Labute approximate surface area is 409 Å². The Balaban J connectivity index is 0.891. The fraction of sp³-hybridized carbons (Fsp3) is 0.101. The van der Waals surface area contributed by atoms with E-state index in [2.05, 4.69) is 250 Å². The van der Waals surface area contributed by atoms with Crippen LogP contribution in [0.2, 0.25) is 0 Å². The molecule has 0 bridgehead atoms. The second kappa shape index (κ2) is 14.6. The van der Waals surface area contributed by atoms with E-state index in [9.17, 15) is 0 Å². The van der Waals surface area contributed by atoms with E-state index < -0.39 is 5.41 Å². The molecule has 0 aromatic heterocycles. The molecule has 330 valence electrons. The van der Waals surface area contributed by atoms with Gasteiger partial charge in [0.2, 0.25) is 0 Å². The van der Waals surface area contributed by atoms with Crippen molar-refractivity contribution in [2.24, 2.45) is 0 Å². The second-order valence-corrected chi connectivity index (χ2v) is 20.6. The largest absolute Gasteiger partial charge is 0.484 e. The number of hydrogen-bond donors (Lipinski definition) is 0. The van der Waals surface area contributed by atoms with Gasteiger partial charge in [0.05, 0.1) is 5.41 Å². The van der Waals surface area contributed by atoms with Crippen LogP contribution in [-0.4, -0.2) is 6.10 Å². The van der Waals surface area contributed by atoms with E-state index in [0.717, 1.165) is 5.75 Å². The van der Waals surface area contributed by atoms with Gasteiger partial charge >= 0.3 is 0 Å². The summed E-state index contributed by atoms with van der Waals surface area (Å²) in [6.07, 6.45) is 2.30. The maximum absolute atomic E-state index is 7.41. The normalized spacial score (nSPS) is 17.7. The minimum Gasteiger partial charge on any atom is -0.484 e. The van der Waals surface area contributed by atoms with Gasteiger partial charge in [-0.1, -0.05) is 238 Å². The van der Waals surface area contributed by atoms with Crippen molar-refractivity contribution >= 4 is 11.6 Å². The Bertz CT molecular complexity index is 3900. The van der Waals surface area contributed by atoms with E-state index in [1.807, 2.05) is 0 Å². The molecule has 10 aromatic rings.